The van der Waals surface area contributed by atoms with Gasteiger partial charge in [0.15, 0.2) is 11.5 Å². The number of esters is 1. The number of benzene rings is 3. The normalized spacial score (nSPS) is 23.5. The molecule has 8 amide bonds. The standard InChI is InChI=1S/C62H82N10O24S2.Na/c1-32-29-72-51(52(32)80)57(85)64-28-39(75)26-42(65-53(81)36-11-13-37(14-12-36)58-69-70-59(97-58)38-15-17-41(18-16-38)91-23-9-7-5-6-8-22-90-4)54(82)66-48(33(2)73)60(86)71-30-40(76)27-43(71)55(83)67-49(46(79)24-35-10-19-44(77)47(25-35)94-98-96-95-89)56(84)68-50(61(72)87)45(78)20-21-63-62(88)93-31-92-34(3)74;/h10-19,25,32-33,39-40,42-43,45-46,48-52,73,75-80,89H,5-9,20-24,26-31H2,1-4H3,(H,63,88)(H,64,85)(H,65,81)(H,66,82)(H,67,83)(H,68,84);/q;+1/p-1/t32-,33-,39-,40-,42+,43+,45-,46-,48+,49+,50+,51+,52+;/m1./s1. The third kappa shape index (κ3) is 23.3. The number of amides is 8. The summed E-state index contributed by atoms with van der Waals surface area (Å²) in [5, 5.41) is 117. The number of phenolic OH excluding ortho intramolecular Hbond substituents is 1. The first-order chi connectivity index (χ1) is 46.9. The van der Waals surface area contributed by atoms with Gasteiger partial charge in [-0.3, -0.25) is 43.4 Å². The monoisotopic (exact) mass is 1440 g/mol. The van der Waals surface area contributed by atoms with Crippen molar-refractivity contribution in [1.82, 2.24) is 51.9 Å². The summed E-state index contributed by atoms with van der Waals surface area (Å²) in [7, 11) is 1.69. The van der Waals surface area contributed by atoms with Crippen LogP contribution in [0.1, 0.15) is 88.1 Å². The van der Waals surface area contributed by atoms with Crippen molar-refractivity contribution in [3.63, 3.8) is 0 Å². The van der Waals surface area contributed by atoms with E-state index < -0.39 is 197 Å². The number of hydrogen-bond donors (Lipinski definition) is 13. The maximum absolute atomic E-state index is 15.0. The van der Waals surface area contributed by atoms with E-state index in [0.29, 0.717) is 27.9 Å². The number of aliphatic hydroxyl groups excluding tert-OH is 6. The minimum absolute atomic E-state index is 0. The molecule has 4 heterocycles. The fourth-order valence-electron chi connectivity index (χ4n) is 11.0. The van der Waals surface area contributed by atoms with Crippen LogP contribution in [-0.2, 0) is 63.6 Å². The molecule has 13 N–H and O–H groups in total. The molecule has 1 aromatic heterocycles. The van der Waals surface area contributed by atoms with E-state index in [9.17, 15) is 84.2 Å². The molecule has 34 nitrogen and oxygen atoms in total. The van der Waals surface area contributed by atoms with Gasteiger partial charge in [0.25, 0.3) is 18.2 Å². The number of nitrogens with zero attached hydrogens (tertiary/aromatic N) is 4. The van der Waals surface area contributed by atoms with E-state index in [1.54, 1.807) is 19.2 Å². The van der Waals surface area contributed by atoms with Gasteiger partial charge in [0.05, 0.1) is 43.2 Å². The van der Waals surface area contributed by atoms with Crippen LogP contribution in [-0.4, -0.2) is 235 Å². The largest absolute Gasteiger partial charge is 1.00 e. The van der Waals surface area contributed by atoms with Crippen molar-refractivity contribution in [1.29, 1.82) is 0 Å². The third-order valence-electron chi connectivity index (χ3n) is 16.2. The van der Waals surface area contributed by atoms with Crippen molar-refractivity contribution in [2.45, 2.75) is 151 Å². The predicted octanol–water partition coefficient (Wildman–Crippen LogP) is -4.69. The molecule has 0 radical (unpaired) electrons. The summed E-state index contributed by atoms with van der Waals surface area (Å²) >= 11 is 1.27. The van der Waals surface area contributed by atoms with Crippen molar-refractivity contribution < 1.29 is 146 Å². The molecule has 3 aromatic carbocycles. The average Bonchev–Trinajstić information content (AvgIpc) is 1.67. The third-order valence-corrected chi connectivity index (χ3v) is 17.6. The number of carbonyl (C=O) groups excluding carboxylic acids is 9. The van der Waals surface area contributed by atoms with Gasteiger partial charge in [-0.25, -0.2) is 4.79 Å². The second-order valence-corrected chi connectivity index (χ2v) is 25.0. The molecular formula is C62H81N10NaO24S2. The topological polar surface area (TPSA) is 487 Å². The second-order valence-electron chi connectivity index (χ2n) is 23.6. The van der Waals surface area contributed by atoms with E-state index in [-0.39, 0.29) is 58.8 Å². The van der Waals surface area contributed by atoms with E-state index in [4.69, 9.17) is 18.4 Å². The number of alkyl carbamates (subject to hydrolysis) is 1. The van der Waals surface area contributed by atoms with Crippen LogP contribution in [0, 0.1) is 5.92 Å². The number of phenols is 1. The fourth-order valence-corrected chi connectivity index (χ4v) is 12.1. The van der Waals surface area contributed by atoms with Gasteiger partial charge in [-0.05, 0) is 80.3 Å². The van der Waals surface area contributed by atoms with E-state index in [1.807, 2.05) is 24.3 Å². The molecule has 3 saturated heterocycles. The Kier molecular flexibility index (Phi) is 32.2. The molecule has 0 spiro atoms. The van der Waals surface area contributed by atoms with Crippen LogP contribution in [0.4, 0.5) is 4.79 Å². The SMILES string of the molecule is COCCCCCCCOc1ccc(-c2nnc(-c3ccc(C(=O)N[C@H]4C[C@@H](O)CNC(=O)[C@@H]5[C@@H](O)[C@H](C)CN5C(=O)[C@H]([C@H](O)CCNC(=O)OCOC(C)=O)NC(=O)[C@H]([C@H](O)Cc5ccc(O)c(OSOO[O-])c5)NC(=O)[C@@H]5C[C@@H](O)CN5C(=O)[C@H]([C@@H](C)O)NC4=O)cc3)s2)cc1.[Na+]. The number of unbranched alkanes of at least 4 members (excludes halogenated alkanes) is 4. The smallest absolute Gasteiger partial charge is 0.691 e. The van der Waals surface area contributed by atoms with Crippen LogP contribution in [0.25, 0.3) is 21.1 Å². The molecule has 3 aliphatic rings. The molecule has 0 unspecified atom stereocenters. The Hall–Kier alpha value is -7.40. The molecule has 4 aromatic rings. The second kappa shape index (κ2) is 39.6. The molecular weight excluding hydrogens is 1360 g/mol. The van der Waals surface area contributed by atoms with Crippen molar-refractivity contribution >= 4 is 77.1 Å². The van der Waals surface area contributed by atoms with Gasteiger partial charge >= 0.3 is 41.6 Å². The molecule has 99 heavy (non-hydrogen) atoms. The molecule has 3 fully saturated rings. The van der Waals surface area contributed by atoms with Gasteiger partial charge in [0, 0.05) is 88.7 Å². The van der Waals surface area contributed by atoms with Gasteiger partial charge in [0.1, 0.15) is 52.0 Å². The molecule has 13 atom stereocenters. The first-order valence-corrected chi connectivity index (χ1v) is 32.9. The molecule has 7 rings (SSSR count). The van der Waals surface area contributed by atoms with E-state index in [1.165, 1.54) is 36.5 Å². The van der Waals surface area contributed by atoms with Crippen molar-refractivity contribution in [2.24, 2.45) is 5.92 Å². The zero-order valence-corrected chi connectivity index (χ0v) is 58.5. The van der Waals surface area contributed by atoms with Gasteiger partial charge in [0.2, 0.25) is 42.2 Å². The van der Waals surface area contributed by atoms with Crippen molar-refractivity contribution in [2.75, 3.05) is 53.3 Å². The maximum Gasteiger partial charge on any atom is 1.00 e. The number of fused-ring (bicyclic) bond motifs is 2. The Morgan fingerprint density at radius 3 is 2.05 bits per heavy atom. The number of nitrogens with one attached hydrogen (secondary N) is 6. The number of carbonyl (C=O) groups is 9. The van der Waals surface area contributed by atoms with Gasteiger partial charge < -0.3 is 106 Å². The first-order valence-electron chi connectivity index (χ1n) is 31.4. The van der Waals surface area contributed by atoms with E-state index >= 15 is 0 Å². The summed E-state index contributed by atoms with van der Waals surface area (Å²) in [6, 6.07) is 5.12. The number of aliphatic hydroxyl groups is 6. The Morgan fingerprint density at radius 1 is 0.758 bits per heavy atom. The quantitative estimate of drug-likeness (QED) is 0.00507. The minimum Gasteiger partial charge on any atom is -0.691 e. The summed E-state index contributed by atoms with van der Waals surface area (Å²) in [6.45, 7) is 1.86. The molecule has 536 valence electrons. The number of aromatic hydroxyl groups is 1. The van der Waals surface area contributed by atoms with Crippen molar-refractivity contribution in [3.8, 4) is 38.4 Å². The van der Waals surface area contributed by atoms with Crippen LogP contribution in [0.15, 0.2) is 66.7 Å². The summed E-state index contributed by atoms with van der Waals surface area (Å²) in [5.41, 5.74) is 1.40. The van der Waals surface area contributed by atoms with Crippen LogP contribution >= 0.6 is 23.7 Å². The number of rotatable bonds is 27. The fraction of sp³-hybridized carbons (Fsp3) is 0.532. The Balaban J connectivity index is 0.0000155. The molecule has 0 saturated carbocycles. The van der Waals surface area contributed by atoms with Gasteiger partial charge in [-0.1, -0.05) is 55.7 Å². The van der Waals surface area contributed by atoms with E-state index in [2.05, 4.69) is 56.2 Å². The zero-order chi connectivity index (χ0) is 71.2. The average molecular weight is 1440 g/mol. The minimum atomic E-state index is -2.22. The van der Waals surface area contributed by atoms with Crippen LogP contribution < -0.4 is 75.6 Å². The number of ether oxygens (including phenoxy) is 4. The summed E-state index contributed by atoms with van der Waals surface area (Å²) in [4.78, 5) is 128. The summed E-state index contributed by atoms with van der Waals surface area (Å²) in [5.74, 6) is -10.1. The molecule has 0 aliphatic carbocycles. The Bertz CT molecular complexity index is 3360. The zero-order valence-electron chi connectivity index (χ0n) is 54.8. The molecule has 3 aliphatic heterocycles. The summed E-state index contributed by atoms with van der Waals surface area (Å²) in [6.07, 6.45) is -9.29. The molecule has 37 heteroatoms. The maximum atomic E-state index is 15.0. The van der Waals surface area contributed by atoms with Gasteiger partial charge in [-0.2, -0.15) is 0 Å². The van der Waals surface area contributed by atoms with Gasteiger partial charge in [-0.15, -0.1) is 14.5 Å². The van der Waals surface area contributed by atoms with Crippen LogP contribution in [0.2, 0.25) is 0 Å². The first kappa shape index (κ1) is 80.6. The molecule has 0 bridgehead atoms. The van der Waals surface area contributed by atoms with Crippen LogP contribution in [0.5, 0.6) is 17.2 Å². The Labute approximate surface area is 598 Å². The number of β-amino-alcohol motifs (C(OH)–C–C–N with tert-alkyl or cyclic N) is 1. The van der Waals surface area contributed by atoms with Crippen LogP contribution in [0.3, 0.4) is 0 Å². The summed E-state index contributed by atoms with van der Waals surface area (Å²) < 4.78 is 29.6. The number of methoxy groups -OCH3 is 1. The number of aromatic nitrogens is 2. The predicted molar refractivity (Wildman–Crippen MR) is 340 cm³/mol. The number of hydrogen-bond acceptors (Lipinski definition) is 28. The Morgan fingerprint density at radius 2 is 1.39 bits per heavy atom. The van der Waals surface area contributed by atoms with Crippen molar-refractivity contribution in [3.05, 3.63) is 77.9 Å². The van der Waals surface area contributed by atoms with E-state index in [0.717, 1.165) is 80.1 Å².